The summed E-state index contributed by atoms with van der Waals surface area (Å²) in [6, 6.07) is 7.80. The van der Waals surface area contributed by atoms with Crippen LogP contribution in [0.3, 0.4) is 0 Å². The molecule has 4 rings (SSSR count). The molecule has 7 nitrogen and oxygen atoms in total. The first-order valence-electron chi connectivity index (χ1n) is 9.57. The van der Waals surface area contributed by atoms with Gasteiger partial charge in [0, 0.05) is 38.1 Å². The Labute approximate surface area is 168 Å². The van der Waals surface area contributed by atoms with Crippen LogP contribution in [0.1, 0.15) is 12.8 Å². The first-order chi connectivity index (χ1) is 14.2. The number of carbonyl (C=O) groups is 2. The minimum atomic E-state index is -0.391. The zero-order valence-electron chi connectivity index (χ0n) is 16.2. The number of hydrogen-bond acceptors (Lipinski definition) is 4. The Kier molecular flexibility index (Phi) is 5.48. The lowest BCUT2D eigenvalue weighted by molar-refractivity contribution is -0.119. The third kappa shape index (κ3) is 4.09. The normalized spacial score (nSPS) is 17.8. The maximum atomic E-state index is 12.5. The number of allylic oxidation sites excluding steroid dienone is 3. The molecule has 0 radical (unpaired) electrons. The molecule has 7 heteroatoms. The zero-order chi connectivity index (χ0) is 20.2. The van der Waals surface area contributed by atoms with Gasteiger partial charge in [-0.15, -0.1) is 0 Å². The molecule has 1 aromatic carbocycles. The van der Waals surface area contributed by atoms with E-state index in [1.807, 2.05) is 48.7 Å². The summed E-state index contributed by atoms with van der Waals surface area (Å²) in [6.07, 6.45) is 9.76. The van der Waals surface area contributed by atoms with Crippen LogP contribution in [0.2, 0.25) is 0 Å². The summed E-state index contributed by atoms with van der Waals surface area (Å²) in [5.41, 5.74) is 2.49. The summed E-state index contributed by atoms with van der Waals surface area (Å²) in [4.78, 5) is 33.1. The van der Waals surface area contributed by atoms with Gasteiger partial charge in [-0.1, -0.05) is 24.3 Å². The summed E-state index contributed by atoms with van der Waals surface area (Å²) < 4.78 is 7.24. The van der Waals surface area contributed by atoms with E-state index in [1.165, 1.54) is 0 Å². The van der Waals surface area contributed by atoms with Gasteiger partial charge < -0.3 is 14.6 Å². The van der Waals surface area contributed by atoms with E-state index >= 15 is 0 Å². The van der Waals surface area contributed by atoms with E-state index in [0.717, 1.165) is 23.1 Å². The van der Waals surface area contributed by atoms with Crippen molar-refractivity contribution in [3.05, 3.63) is 54.8 Å². The average Bonchev–Trinajstić information content (AvgIpc) is 3.15. The minimum Gasteiger partial charge on any atom is -0.383 e. The number of methoxy groups -OCH3 is 1. The lowest BCUT2D eigenvalue weighted by atomic mass is 9.96. The molecule has 148 valence electrons. The molecule has 2 aromatic rings. The number of fused-ring (bicyclic) bond motifs is 2. The number of anilines is 1. The smallest absolute Gasteiger partial charge is 0.260 e. The number of rotatable bonds is 7. The molecular weight excluding hydrogens is 368 g/mol. The molecule has 1 aliphatic carbocycles. The predicted octanol–water partition coefficient (Wildman–Crippen LogP) is 3.13. The van der Waals surface area contributed by atoms with E-state index in [4.69, 9.17) is 4.74 Å². The quantitative estimate of drug-likeness (QED) is 0.788. The number of amidine groups is 1. The summed E-state index contributed by atoms with van der Waals surface area (Å²) >= 11 is 0. The van der Waals surface area contributed by atoms with Gasteiger partial charge in [-0.05, 0) is 24.3 Å². The SMILES string of the molecule is COCCn1ccc2c(NC(=O)CCC3=NC(=O)C4C=CC=CC4=N3)cccc21. The van der Waals surface area contributed by atoms with Crippen molar-refractivity contribution in [3.8, 4) is 0 Å². The van der Waals surface area contributed by atoms with E-state index in [1.54, 1.807) is 13.2 Å². The third-order valence-electron chi connectivity index (χ3n) is 4.96. The van der Waals surface area contributed by atoms with Crippen molar-refractivity contribution in [2.45, 2.75) is 19.4 Å². The lowest BCUT2D eigenvalue weighted by Gasteiger charge is -2.17. The molecule has 2 heterocycles. The van der Waals surface area contributed by atoms with E-state index in [2.05, 4.69) is 19.9 Å². The maximum absolute atomic E-state index is 12.5. The minimum absolute atomic E-state index is 0.140. The summed E-state index contributed by atoms with van der Waals surface area (Å²) in [7, 11) is 1.67. The number of aromatic nitrogens is 1. The summed E-state index contributed by atoms with van der Waals surface area (Å²) in [6.45, 7) is 1.37. The van der Waals surface area contributed by atoms with Gasteiger partial charge >= 0.3 is 0 Å². The monoisotopic (exact) mass is 390 g/mol. The molecule has 2 amide bonds. The second kappa shape index (κ2) is 8.36. The molecule has 1 aliphatic heterocycles. The molecule has 1 atom stereocenters. The number of nitrogens with one attached hydrogen (secondary N) is 1. The highest BCUT2D eigenvalue weighted by Gasteiger charge is 2.26. The highest BCUT2D eigenvalue weighted by atomic mass is 16.5. The zero-order valence-corrected chi connectivity index (χ0v) is 16.2. The maximum Gasteiger partial charge on any atom is 0.260 e. The number of amides is 2. The Morgan fingerprint density at radius 2 is 2.14 bits per heavy atom. The van der Waals surface area contributed by atoms with Gasteiger partial charge in [0.25, 0.3) is 5.91 Å². The van der Waals surface area contributed by atoms with Gasteiger partial charge in [0.15, 0.2) is 0 Å². The van der Waals surface area contributed by atoms with Crippen LogP contribution in [-0.4, -0.2) is 41.6 Å². The van der Waals surface area contributed by atoms with Crippen molar-refractivity contribution in [2.75, 3.05) is 19.0 Å². The Morgan fingerprint density at radius 1 is 1.24 bits per heavy atom. The summed E-state index contributed by atoms with van der Waals surface area (Å²) in [5, 5.41) is 3.94. The largest absolute Gasteiger partial charge is 0.383 e. The average molecular weight is 390 g/mol. The molecule has 1 unspecified atom stereocenters. The van der Waals surface area contributed by atoms with Crippen LogP contribution in [0, 0.1) is 5.92 Å². The topological polar surface area (TPSA) is 85.0 Å². The molecule has 0 bridgehead atoms. The summed E-state index contributed by atoms with van der Waals surface area (Å²) in [5.74, 6) is -0.357. The molecule has 0 saturated carbocycles. The molecule has 29 heavy (non-hydrogen) atoms. The highest BCUT2D eigenvalue weighted by molar-refractivity contribution is 6.21. The van der Waals surface area contributed by atoms with Crippen LogP contribution in [0.5, 0.6) is 0 Å². The Bertz CT molecular complexity index is 1070. The van der Waals surface area contributed by atoms with E-state index in [9.17, 15) is 9.59 Å². The van der Waals surface area contributed by atoms with Gasteiger partial charge in [0.05, 0.1) is 23.5 Å². The number of aliphatic imine (C=N–C) groups is 2. The number of benzene rings is 1. The third-order valence-corrected chi connectivity index (χ3v) is 4.96. The number of nitrogens with zero attached hydrogens (tertiary/aromatic N) is 3. The number of hydrogen-bond donors (Lipinski definition) is 1. The van der Waals surface area contributed by atoms with Crippen molar-refractivity contribution in [1.29, 1.82) is 0 Å². The second-order valence-corrected chi connectivity index (χ2v) is 6.91. The first-order valence-corrected chi connectivity index (χ1v) is 9.57. The Hall–Kier alpha value is -3.32. The van der Waals surface area contributed by atoms with Gasteiger partial charge in [0.2, 0.25) is 5.91 Å². The first kappa shape index (κ1) is 19.0. The van der Waals surface area contributed by atoms with Crippen molar-refractivity contribution < 1.29 is 14.3 Å². The molecule has 0 spiro atoms. The Balaban J connectivity index is 1.41. The van der Waals surface area contributed by atoms with Gasteiger partial charge in [-0.25, -0.2) is 4.99 Å². The van der Waals surface area contributed by atoms with Crippen LogP contribution in [-0.2, 0) is 20.9 Å². The fourth-order valence-electron chi connectivity index (χ4n) is 3.48. The van der Waals surface area contributed by atoms with Crippen LogP contribution in [0.25, 0.3) is 10.9 Å². The van der Waals surface area contributed by atoms with Gasteiger partial charge in [0.1, 0.15) is 11.8 Å². The van der Waals surface area contributed by atoms with Gasteiger partial charge in [-0.3, -0.25) is 9.59 Å². The van der Waals surface area contributed by atoms with E-state index < -0.39 is 5.92 Å². The molecule has 2 aliphatic rings. The molecule has 1 aromatic heterocycles. The fraction of sp³-hybridized carbons (Fsp3) is 0.273. The van der Waals surface area contributed by atoms with Crippen molar-refractivity contribution in [1.82, 2.24) is 4.57 Å². The lowest BCUT2D eigenvalue weighted by Crippen LogP contribution is -2.27. The second-order valence-electron chi connectivity index (χ2n) is 6.91. The fourth-order valence-corrected chi connectivity index (χ4v) is 3.48. The van der Waals surface area contributed by atoms with Crippen LogP contribution in [0.15, 0.2) is 64.8 Å². The molecule has 1 N–H and O–H groups in total. The molecule has 0 saturated heterocycles. The van der Waals surface area contributed by atoms with Crippen molar-refractivity contribution in [2.24, 2.45) is 15.9 Å². The molecular formula is C22H22N4O3. The van der Waals surface area contributed by atoms with Gasteiger partial charge in [-0.2, -0.15) is 4.99 Å². The Morgan fingerprint density at radius 3 is 3.00 bits per heavy atom. The molecule has 0 fully saturated rings. The standard InChI is InChI=1S/C22H22N4O3/c1-29-14-13-26-12-11-15-17(7-4-8-19(15)26)24-21(27)10-9-20-23-18-6-3-2-5-16(18)22(28)25-20/h2-8,11-12,16H,9-10,13-14H2,1H3,(H,24,27). The predicted molar refractivity (Wildman–Crippen MR) is 113 cm³/mol. The number of ether oxygens (including phenoxy) is 1. The van der Waals surface area contributed by atoms with Crippen molar-refractivity contribution in [3.63, 3.8) is 0 Å². The number of carbonyl (C=O) groups excluding carboxylic acids is 2. The van der Waals surface area contributed by atoms with Crippen LogP contribution >= 0.6 is 0 Å². The van der Waals surface area contributed by atoms with Crippen LogP contribution in [0.4, 0.5) is 5.69 Å². The van der Waals surface area contributed by atoms with Crippen molar-refractivity contribution >= 4 is 40.0 Å². The van der Waals surface area contributed by atoms with Crippen LogP contribution < -0.4 is 5.32 Å². The van der Waals surface area contributed by atoms with E-state index in [0.29, 0.717) is 24.6 Å². The highest BCUT2D eigenvalue weighted by Crippen LogP contribution is 2.25. The van der Waals surface area contributed by atoms with E-state index in [-0.39, 0.29) is 18.2 Å².